The standard InChI is InChI=1S/C28H38N2O4/c1-4-33-25-17-15-22(19-26(25)34-5-2)16-18-27(31)30(20-23-11-7-6-8-12-23)21(3)28(32)29-24-13-9-10-14-24/h6-8,11-12,15,17,19,21,24H,4-5,9-10,13-14,16,18,20H2,1-3H3,(H,29,32)/t21-/m1/s1. The summed E-state index contributed by atoms with van der Waals surface area (Å²) >= 11 is 0. The predicted octanol–water partition coefficient (Wildman–Crippen LogP) is 4.89. The van der Waals surface area contributed by atoms with Crippen molar-refractivity contribution in [3.8, 4) is 11.5 Å². The number of ether oxygens (including phenoxy) is 2. The van der Waals surface area contributed by atoms with Crippen molar-refractivity contribution in [1.29, 1.82) is 0 Å². The van der Waals surface area contributed by atoms with E-state index in [2.05, 4.69) is 5.32 Å². The van der Waals surface area contributed by atoms with Crippen LogP contribution in [0.5, 0.6) is 11.5 Å². The first-order valence-electron chi connectivity index (χ1n) is 12.5. The minimum atomic E-state index is -0.535. The number of aryl methyl sites for hydroxylation is 1. The molecular formula is C28H38N2O4. The minimum Gasteiger partial charge on any atom is -0.490 e. The number of carbonyl (C=O) groups excluding carboxylic acids is 2. The molecule has 0 radical (unpaired) electrons. The van der Waals surface area contributed by atoms with Crippen LogP contribution in [0.3, 0.4) is 0 Å². The summed E-state index contributed by atoms with van der Waals surface area (Å²) in [6.45, 7) is 7.22. The third-order valence-electron chi connectivity index (χ3n) is 6.30. The summed E-state index contributed by atoms with van der Waals surface area (Å²) in [4.78, 5) is 28.1. The Morgan fingerprint density at radius 1 is 0.971 bits per heavy atom. The van der Waals surface area contributed by atoms with E-state index in [-0.39, 0.29) is 17.9 Å². The number of hydrogen-bond donors (Lipinski definition) is 1. The maximum absolute atomic E-state index is 13.4. The van der Waals surface area contributed by atoms with Gasteiger partial charge in [-0.2, -0.15) is 0 Å². The van der Waals surface area contributed by atoms with E-state index in [1.165, 1.54) is 0 Å². The second-order valence-electron chi connectivity index (χ2n) is 8.82. The van der Waals surface area contributed by atoms with Crippen LogP contribution in [0.2, 0.25) is 0 Å². The summed E-state index contributed by atoms with van der Waals surface area (Å²) < 4.78 is 11.4. The zero-order valence-electron chi connectivity index (χ0n) is 20.7. The molecule has 2 aromatic rings. The summed E-state index contributed by atoms with van der Waals surface area (Å²) in [5.41, 5.74) is 2.01. The molecule has 0 unspecified atom stereocenters. The maximum Gasteiger partial charge on any atom is 0.242 e. The monoisotopic (exact) mass is 466 g/mol. The summed E-state index contributed by atoms with van der Waals surface area (Å²) in [5, 5.41) is 3.15. The van der Waals surface area contributed by atoms with Gasteiger partial charge < -0.3 is 19.7 Å². The van der Waals surface area contributed by atoms with Crippen LogP contribution in [-0.4, -0.2) is 42.0 Å². The Hall–Kier alpha value is -3.02. The predicted molar refractivity (Wildman–Crippen MR) is 134 cm³/mol. The highest BCUT2D eigenvalue weighted by Gasteiger charge is 2.28. The highest BCUT2D eigenvalue weighted by atomic mass is 16.5. The van der Waals surface area contributed by atoms with Crippen LogP contribution < -0.4 is 14.8 Å². The summed E-state index contributed by atoms with van der Waals surface area (Å²) in [6, 6.07) is 15.3. The molecule has 1 aliphatic carbocycles. The molecule has 34 heavy (non-hydrogen) atoms. The molecule has 0 aromatic heterocycles. The molecule has 0 spiro atoms. The van der Waals surface area contributed by atoms with E-state index in [4.69, 9.17) is 9.47 Å². The van der Waals surface area contributed by atoms with E-state index in [0.717, 1.165) is 36.8 Å². The number of nitrogens with zero attached hydrogens (tertiary/aromatic N) is 1. The lowest BCUT2D eigenvalue weighted by atomic mass is 10.1. The quantitative estimate of drug-likeness (QED) is 0.483. The van der Waals surface area contributed by atoms with Gasteiger partial charge in [0.2, 0.25) is 11.8 Å². The molecule has 6 heteroatoms. The van der Waals surface area contributed by atoms with Crippen molar-refractivity contribution in [1.82, 2.24) is 10.2 Å². The topological polar surface area (TPSA) is 67.9 Å². The van der Waals surface area contributed by atoms with Crippen LogP contribution in [0.15, 0.2) is 48.5 Å². The number of hydrogen-bond acceptors (Lipinski definition) is 4. The summed E-state index contributed by atoms with van der Waals surface area (Å²) in [6.07, 6.45) is 5.21. The molecular weight excluding hydrogens is 428 g/mol. The fraction of sp³-hybridized carbons (Fsp3) is 0.500. The Morgan fingerprint density at radius 2 is 1.65 bits per heavy atom. The van der Waals surface area contributed by atoms with Crippen molar-refractivity contribution in [2.75, 3.05) is 13.2 Å². The number of amides is 2. The Labute approximate surface area is 203 Å². The van der Waals surface area contributed by atoms with Crippen LogP contribution in [0.1, 0.15) is 64.0 Å². The highest BCUT2D eigenvalue weighted by molar-refractivity contribution is 5.87. The first kappa shape index (κ1) is 25.6. The summed E-state index contributed by atoms with van der Waals surface area (Å²) in [7, 11) is 0. The van der Waals surface area contributed by atoms with Gasteiger partial charge in [0.05, 0.1) is 13.2 Å². The van der Waals surface area contributed by atoms with E-state index in [9.17, 15) is 9.59 Å². The van der Waals surface area contributed by atoms with Crippen molar-refractivity contribution in [3.63, 3.8) is 0 Å². The average Bonchev–Trinajstić information content (AvgIpc) is 3.36. The van der Waals surface area contributed by atoms with Crippen LogP contribution in [0.25, 0.3) is 0 Å². The average molecular weight is 467 g/mol. The smallest absolute Gasteiger partial charge is 0.242 e. The fourth-order valence-electron chi connectivity index (χ4n) is 4.40. The highest BCUT2D eigenvalue weighted by Crippen LogP contribution is 2.29. The number of rotatable bonds is 12. The van der Waals surface area contributed by atoms with Gasteiger partial charge >= 0.3 is 0 Å². The number of carbonyl (C=O) groups is 2. The van der Waals surface area contributed by atoms with Gasteiger partial charge in [0, 0.05) is 19.0 Å². The maximum atomic E-state index is 13.4. The number of nitrogens with one attached hydrogen (secondary N) is 1. The van der Waals surface area contributed by atoms with Crippen LogP contribution >= 0.6 is 0 Å². The van der Waals surface area contributed by atoms with Crippen molar-refractivity contribution >= 4 is 11.8 Å². The molecule has 0 aliphatic heterocycles. The zero-order valence-corrected chi connectivity index (χ0v) is 20.7. The molecule has 0 bridgehead atoms. The molecule has 1 saturated carbocycles. The molecule has 1 aliphatic rings. The molecule has 1 atom stereocenters. The molecule has 2 amide bonds. The van der Waals surface area contributed by atoms with Crippen molar-refractivity contribution in [2.45, 2.75) is 77.9 Å². The van der Waals surface area contributed by atoms with Gasteiger partial charge in [-0.05, 0) is 63.3 Å². The Morgan fingerprint density at radius 3 is 2.32 bits per heavy atom. The lowest BCUT2D eigenvalue weighted by Crippen LogP contribution is -2.49. The second kappa shape index (κ2) is 13.0. The molecule has 3 rings (SSSR count). The molecule has 0 heterocycles. The fourth-order valence-corrected chi connectivity index (χ4v) is 4.40. The molecule has 0 saturated heterocycles. The van der Waals surface area contributed by atoms with Crippen molar-refractivity contribution in [3.05, 3.63) is 59.7 Å². The van der Waals surface area contributed by atoms with Crippen molar-refractivity contribution < 1.29 is 19.1 Å². The van der Waals surface area contributed by atoms with E-state index < -0.39 is 6.04 Å². The Kier molecular flexibility index (Phi) is 9.80. The van der Waals surface area contributed by atoms with E-state index >= 15 is 0 Å². The SMILES string of the molecule is CCOc1ccc(CCC(=O)N(Cc2ccccc2)[C@H](C)C(=O)NC2CCCC2)cc1OCC. The van der Waals surface area contributed by atoms with Gasteiger partial charge in [0.15, 0.2) is 11.5 Å². The lowest BCUT2D eigenvalue weighted by Gasteiger charge is -2.30. The third-order valence-corrected chi connectivity index (χ3v) is 6.30. The first-order valence-corrected chi connectivity index (χ1v) is 12.5. The molecule has 6 nitrogen and oxygen atoms in total. The van der Waals surface area contributed by atoms with Gasteiger partial charge in [0.25, 0.3) is 0 Å². The van der Waals surface area contributed by atoms with Crippen LogP contribution in [-0.2, 0) is 22.6 Å². The van der Waals surface area contributed by atoms with E-state index in [1.54, 1.807) is 4.90 Å². The Balaban J connectivity index is 1.70. The largest absolute Gasteiger partial charge is 0.490 e. The van der Waals surface area contributed by atoms with Crippen LogP contribution in [0.4, 0.5) is 0 Å². The minimum absolute atomic E-state index is 0.0373. The van der Waals surface area contributed by atoms with E-state index in [1.807, 2.05) is 69.3 Å². The normalized spacial score (nSPS) is 14.4. The van der Waals surface area contributed by atoms with Gasteiger partial charge in [-0.15, -0.1) is 0 Å². The Bertz CT molecular complexity index is 925. The first-order chi connectivity index (χ1) is 16.5. The third kappa shape index (κ3) is 7.24. The molecule has 184 valence electrons. The van der Waals surface area contributed by atoms with Crippen LogP contribution in [0, 0.1) is 0 Å². The molecule has 1 N–H and O–H groups in total. The van der Waals surface area contributed by atoms with Gasteiger partial charge in [-0.3, -0.25) is 9.59 Å². The van der Waals surface area contributed by atoms with Crippen molar-refractivity contribution in [2.24, 2.45) is 0 Å². The lowest BCUT2D eigenvalue weighted by molar-refractivity contribution is -0.140. The summed E-state index contributed by atoms with van der Waals surface area (Å²) in [5.74, 6) is 1.29. The zero-order chi connectivity index (χ0) is 24.3. The molecule has 2 aromatic carbocycles. The van der Waals surface area contributed by atoms with Gasteiger partial charge in [0.1, 0.15) is 6.04 Å². The van der Waals surface area contributed by atoms with E-state index in [0.29, 0.717) is 44.1 Å². The van der Waals surface area contributed by atoms with Gasteiger partial charge in [-0.1, -0.05) is 49.2 Å². The second-order valence-corrected chi connectivity index (χ2v) is 8.82. The number of benzene rings is 2. The molecule has 1 fully saturated rings. The van der Waals surface area contributed by atoms with Gasteiger partial charge in [-0.25, -0.2) is 0 Å².